The van der Waals surface area contributed by atoms with Crippen molar-refractivity contribution in [1.29, 1.82) is 0 Å². The van der Waals surface area contributed by atoms with Crippen LogP contribution in [-0.4, -0.2) is 112 Å². The highest BCUT2D eigenvalue weighted by molar-refractivity contribution is 7.79. The van der Waals surface area contributed by atoms with Gasteiger partial charge in [-0.3, -0.25) is 9.11 Å². The predicted molar refractivity (Wildman–Crippen MR) is 106 cm³/mol. The van der Waals surface area contributed by atoms with E-state index in [1.165, 1.54) is 0 Å². The number of aliphatic hydroxyl groups excluding tert-OH is 4. The van der Waals surface area contributed by atoms with Crippen LogP contribution in [-0.2, 0) is 29.5 Å². The lowest BCUT2D eigenvalue weighted by molar-refractivity contribution is -0.771. The van der Waals surface area contributed by atoms with Crippen LogP contribution in [0.5, 0.6) is 0 Å². The molecule has 6 N–H and O–H groups in total. The molecule has 0 aromatic heterocycles. The fraction of sp³-hybridized carbons (Fsp3) is 1.00. The van der Waals surface area contributed by atoms with Gasteiger partial charge >= 0.3 is 10.4 Å². The van der Waals surface area contributed by atoms with E-state index in [0.717, 1.165) is 0 Å². The van der Waals surface area contributed by atoms with Gasteiger partial charge in [-0.25, -0.2) is 0 Å². The van der Waals surface area contributed by atoms with Gasteiger partial charge in [-0.2, -0.15) is 8.42 Å². The minimum atomic E-state index is -4.67. The Morgan fingerprint density at radius 1 is 0.758 bits per heavy atom. The van der Waals surface area contributed by atoms with E-state index < -0.39 is 45.0 Å². The number of ether oxygens (including phenoxy) is 2. The van der Waals surface area contributed by atoms with Crippen LogP contribution >= 0.6 is 0 Å². The molecule has 0 aliphatic carbocycles. The molecule has 200 valence electrons. The highest BCUT2D eigenvalue weighted by atomic mass is 32.3. The molecule has 0 bridgehead atoms. The van der Waals surface area contributed by atoms with Gasteiger partial charge in [0.25, 0.3) is 10.2 Å². The Balaban J connectivity index is -0.000000479. The van der Waals surface area contributed by atoms with E-state index >= 15 is 0 Å². The lowest BCUT2D eigenvalue weighted by Crippen LogP contribution is -2.27. The average Bonchev–Trinajstić information content (AvgIpc) is 2.70. The second-order valence-corrected chi connectivity index (χ2v) is 6.81. The first kappa shape index (κ1) is 35.6. The second kappa shape index (κ2) is 21.9. The van der Waals surface area contributed by atoms with Crippen molar-refractivity contribution >= 4 is 10.4 Å². The molecule has 0 saturated carbocycles. The van der Waals surface area contributed by atoms with E-state index in [-0.39, 0.29) is 39.6 Å². The summed E-state index contributed by atoms with van der Waals surface area (Å²) in [7, 11) is -4.67. The van der Waals surface area contributed by atoms with E-state index in [4.69, 9.17) is 47.4 Å². The van der Waals surface area contributed by atoms with Gasteiger partial charge in [-0.05, 0) is 12.8 Å². The van der Waals surface area contributed by atoms with Crippen LogP contribution in [0, 0.1) is 20.2 Å². The Bertz CT molecular complexity index is 550. The minimum Gasteiger partial charge on any atom is -0.394 e. The molecule has 0 spiro atoms. The molecule has 18 nitrogen and oxygen atoms in total. The van der Waals surface area contributed by atoms with Crippen molar-refractivity contribution in [2.24, 2.45) is 0 Å². The third kappa shape index (κ3) is 34.8. The first-order chi connectivity index (χ1) is 15.2. The topological polar surface area (TPSA) is 279 Å². The smallest absolute Gasteiger partial charge is 0.394 e. The number of rotatable bonds is 16. The van der Waals surface area contributed by atoms with Gasteiger partial charge in [0.05, 0.1) is 39.6 Å². The molecule has 0 heterocycles. The molecule has 0 aliphatic rings. The van der Waals surface area contributed by atoms with Crippen molar-refractivity contribution in [3.05, 3.63) is 20.2 Å². The summed E-state index contributed by atoms with van der Waals surface area (Å²) in [6.45, 7) is 2.61. The third-order valence-electron chi connectivity index (χ3n) is 3.03. The van der Waals surface area contributed by atoms with Gasteiger partial charge in [0.1, 0.15) is 24.4 Å². The van der Waals surface area contributed by atoms with E-state index in [0.29, 0.717) is 12.8 Å². The van der Waals surface area contributed by atoms with Crippen molar-refractivity contribution in [3.8, 4) is 0 Å². The maximum atomic E-state index is 10.1. The zero-order valence-corrected chi connectivity index (χ0v) is 18.9. The van der Waals surface area contributed by atoms with Crippen LogP contribution < -0.4 is 0 Å². The molecule has 0 fully saturated rings. The van der Waals surface area contributed by atoms with Gasteiger partial charge in [0.15, 0.2) is 0 Å². The third-order valence-corrected chi connectivity index (χ3v) is 3.03. The molecule has 0 radical (unpaired) electrons. The van der Waals surface area contributed by atoms with E-state index in [2.05, 4.69) is 9.68 Å². The number of hydrogen-bond donors (Lipinski definition) is 6. The first-order valence-electron chi connectivity index (χ1n) is 9.25. The standard InChI is InChI=1S/C8H16N2O7.C6H14O5.H2O4S/c1-3-7(16-9(11)12)5-15-6-8(4-2)17-10(13)14;7-1-5(9)3-11-4-6(10)2-8;1-5(2,3)4/h7-8H,3-6H2,1-2H3;5-10H,1-4H2;(H2,1,2,3,4). The van der Waals surface area contributed by atoms with Gasteiger partial charge in [-0.15, -0.1) is 20.2 Å². The van der Waals surface area contributed by atoms with Gasteiger partial charge in [-0.1, -0.05) is 13.8 Å². The van der Waals surface area contributed by atoms with Gasteiger partial charge < -0.3 is 39.6 Å². The molecular formula is C14H32N2O16S. The molecule has 4 unspecified atom stereocenters. The summed E-state index contributed by atoms with van der Waals surface area (Å²) in [5, 5.41) is 52.5. The van der Waals surface area contributed by atoms with Crippen LogP contribution in [0.25, 0.3) is 0 Å². The molecule has 19 heteroatoms. The summed E-state index contributed by atoms with van der Waals surface area (Å²) < 4.78 is 41.4. The Morgan fingerprint density at radius 2 is 1.03 bits per heavy atom. The average molecular weight is 516 g/mol. The summed E-state index contributed by atoms with van der Waals surface area (Å²) in [4.78, 5) is 28.8. The van der Waals surface area contributed by atoms with Crippen molar-refractivity contribution in [2.45, 2.75) is 51.1 Å². The van der Waals surface area contributed by atoms with Crippen molar-refractivity contribution in [1.82, 2.24) is 0 Å². The minimum absolute atomic E-state index is 0.00491. The molecular weight excluding hydrogens is 484 g/mol. The molecule has 4 atom stereocenters. The normalized spacial score (nSPS) is 14.3. The zero-order chi connectivity index (χ0) is 26.4. The number of hydrogen-bond acceptors (Lipinski definition) is 14. The van der Waals surface area contributed by atoms with Gasteiger partial charge in [0.2, 0.25) is 0 Å². The van der Waals surface area contributed by atoms with Crippen molar-refractivity contribution in [3.63, 3.8) is 0 Å². The molecule has 0 amide bonds. The van der Waals surface area contributed by atoms with E-state index in [9.17, 15) is 20.2 Å². The lowest BCUT2D eigenvalue weighted by Gasteiger charge is -2.16. The molecule has 0 rings (SSSR count). The van der Waals surface area contributed by atoms with Crippen molar-refractivity contribution < 1.29 is 67.3 Å². The van der Waals surface area contributed by atoms with Crippen LogP contribution in [0.3, 0.4) is 0 Å². The Morgan fingerprint density at radius 3 is 1.24 bits per heavy atom. The quantitative estimate of drug-likeness (QED) is 0.0737. The highest BCUT2D eigenvalue weighted by Crippen LogP contribution is 2.03. The predicted octanol–water partition coefficient (Wildman–Crippen LogP) is -1.97. The van der Waals surface area contributed by atoms with E-state index in [1.54, 1.807) is 13.8 Å². The number of aliphatic hydroxyl groups is 4. The van der Waals surface area contributed by atoms with Crippen LogP contribution in [0.1, 0.15) is 26.7 Å². The maximum absolute atomic E-state index is 10.1. The van der Waals surface area contributed by atoms with Crippen LogP contribution in [0.2, 0.25) is 0 Å². The summed E-state index contributed by atoms with van der Waals surface area (Å²) in [5.74, 6) is 0. The van der Waals surface area contributed by atoms with E-state index in [1.807, 2.05) is 0 Å². The lowest BCUT2D eigenvalue weighted by atomic mass is 10.3. The molecule has 0 aliphatic heterocycles. The molecule has 0 aromatic carbocycles. The first-order valence-corrected chi connectivity index (χ1v) is 10.6. The fourth-order valence-electron chi connectivity index (χ4n) is 1.47. The summed E-state index contributed by atoms with van der Waals surface area (Å²) in [5.41, 5.74) is 0. The Hall–Kier alpha value is -1.97. The number of nitrogens with zero attached hydrogens (tertiary/aromatic N) is 2. The second-order valence-electron chi connectivity index (χ2n) is 5.91. The summed E-state index contributed by atoms with van der Waals surface area (Å²) in [6.07, 6.45) is -2.35. The van der Waals surface area contributed by atoms with Crippen LogP contribution in [0.4, 0.5) is 0 Å². The Labute approximate surface area is 189 Å². The largest absolute Gasteiger partial charge is 0.394 e. The zero-order valence-electron chi connectivity index (χ0n) is 18.0. The SMILES string of the molecule is CCC(COCC(CC)O[N+](=O)[O-])O[N+](=O)[O-].O=S(=O)(O)O.OCC(O)COCC(O)CO. The maximum Gasteiger partial charge on any atom is 0.394 e. The van der Waals surface area contributed by atoms with Crippen molar-refractivity contribution in [2.75, 3.05) is 39.6 Å². The molecule has 0 saturated heterocycles. The highest BCUT2D eigenvalue weighted by Gasteiger charge is 2.15. The molecule has 33 heavy (non-hydrogen) atoms. The fourth-order valence-corrected chi connectivity index (χ4v) is 1.47. The summed E-state index contributed by atoms with van der Waals surface area (Å²) >= 11 is 0. The summed E-state index contributed by atoms with van der Waals surface area (Å²) in [6, 6.07) is 0. The monoisotopic (exact) mass is 516 g/mol. The molecule has 0 aromatic rings. The Kier molecular flexibility index (Phi) is 23.6. The van der Waals surface area contributed by atoms with Gasteiger partial charge in [0, 0.05) is 0 Å². The van der Waals surface area contributed by atoms with Crippen LogP contribution in [0.15, 0.2) is 0 Å².